The summed E-state index contributed by atoms with van der Waals surface area (Å²) in [6.07, 6.45) is 4.42. The van der Waals surface area contributed by atoms with Crippen LogP contribution in [0.2, 0.25) is 0 Å². The Bertz CT molecular complexity index is 461. The topological polar surface area (TPSA) is 57.4 Å². The molecule has 0 atom stereocenters. The van der Waals surface area contributed by atoms with Gasteiger partial charge in [0.1, 0.15) is 10.6 Å². The fraction of sp³-hybridized carbons (Fsp3) is 0.812. The molecule has 2 N–H and O–H groups in total. The summed E-state index contributed by atoms with van der Waals surface area (Å²) in [7, 11) is 1.70. The predicted octanol–water partition coefficient (Wildman–Crippen LogP) is 3.58. The van der Waals surface area contributed by atoms with Crippen LogP contribution in [0.3, 0.4) is 0 Å². The van der Waals surface area contributed by atoms with Crippen LogP contribution in [-0.2, 0) is 28.2 Å². The normalized spacial score (nSPS) is 20.6. The van der Waals surface area contributed by atoms with Crippen molar-refractivity contribution in [1.29, 1.82) is 0 Å². The Labute approximate surface area is 132 Å². The molecular weight excluding hydrogens is 284 g/mol. The van der Waals surface area contributed by atoms with Crippen molar-refractivity contribution in [1.82, 2.24) is 4.98 Å². The van der Waals surface area contributed by atoms with E-state index in [1.165, 1.54) is 12.8 Å². The van der Waals surface area contributed by atoms with E-state index in [9.17, 15) is 0 Å². The zero-order chi connectivity index (χ0) is 15.5. The number of rotatable bonds is 6. The molecule has 0 saturated heterocycles. The molecule has 1 aromatic heterocycles. The van der Waals surface area contributed by atoms with Gasteiger partial charge in [0.15, 0.2) is 0 Å². The zero-order valence-corrected chi connectivity index (χ0v) is 14.5. The summed E-state index contributed by atoms with van der Waals surface area (Å²) < 4.78 is 11.5. The van der Waals surface area contributed by atoms with Crippen LogP contribution in [0.15, 0.2) is 0 Å². The van der Waals surface area contributed by atoms with E-state index in [0.29, 0.717) is 18.6 Å². The van der Waals surface area contributed by atoms with E-state index >= 15 is 0 Å². The Kier molecular flexibility index (Phi) is 5.41. The lowest BCUT2D eigenvalue weighted by molar-refractivity contribution is -0.0891. The molecule has 120 valence electrons. The van der Waals surface area contributed by atoms with E-state index in [1.54, 1.807) is 18.4 Å². The maximum atomic E-state index is 6.21. The van der Waals surface area contributed by atoms with Crippen LogP contribution < -0.4 is 5.73 Å². The molecule has 0 spiro atoms. The SMILES string of the molecule is CCOC1(c2nc(COC)c(CN)s2)CCC(C)(C)CC1. The second-order valence-electron chi connectivity index (χ2n) is 6.62. The Morgan fingerprint density at radius 1 is 1.24 bits per heavy atom. The molecule has 0 bridgehead atoms. The molecule has 1 aromatic rings. The number of methoxy groups -OCH3 is 1. The Balaban J connectivity index is 2.30. The summed E-state index contributed by atoms with van der Waals surface area (Å²) >= 11 is 1.70. The molecule has 1 aliphatic rings. The first-order chi connectivity index (χ1) is 9.96. The van der Waals surface area contributed by atoms with Crippen LogP contribution in [0.25, 0.3) is 0 Å². The van der Waals surface area contributed by atoms with Gasteiger partial charge in [-0.2, -0.15) is 0 Å². The second kappa shape index (κ2) is 6.73. The van der Waals surface area contributed by atoms with Gasteiger partial charge < -0.3 is 15.2 Å². The van der Waals surface area contributed by atoms with E-state index < -0.39 is 0 Å². The molecule has 1 saturated carbocycles. The van der Waals surface area contributed by atoms with Gasteiger partial charge in [-0.1, -0.05) is 13.8 Å². The molecular formula is C16H28N2O2S. The molecule has 0 amide bonds. The quantitative estimate of drug-likeness (QED) is 0.872. The summed E-state index contributed by atoms with van der Waals surface area (Å²) in [4.78, 5) is 5.94. The highest BCUT2D eigenvalue weighted by Gasteiger charge is 2.42. The number of aromatic nitrogens is 1. The van der Waals surface area contributed by atoms with Gasteiger partial charge in [-0.15, -0.1) is 11.3 Å². The molecule has 1 aliphatic carbocycles. The van der Waals surface area contributed by atoms with Crippen LogP contribution in [-0.4, -0.2) is 18.7 Å². The maximum absolute atomic E-state index is 6.21. The molecule has 21 heavy (non-hydrogen) atoms. The molecule has 0 radical (unpaired) electrons. The van der Waals surface area contributed by atoms with Crippen molar-refractivity contribution in [3.63, 3.8) is 0 Å². The largest absolute Gasteiger partial charge is 0.378 e. The highest BCUT2D eigenvalue weighted by Crippen LogP contribution is 2.48. The van der Waals surface area contributed by atoms with Crippen molar-refractivity contribution in [3.8, 4) is 0 Å². The van der Waals surface area contributed by atoms with Crippen LogP contribution in [0.1, 0.15) is 62.0 Å². The molecule has 0 aromatic carbocycles. The Morgan fingerprint density at radius 3 is 2.43 bits per heavy atom. The lowest BCUT2D eigenvalue weighted by Crippen LogP contribution is -2.37. The van der Waals surface area contributed by atoms with E-state index in [1.807, 2.05) is 0 Å². The summed E-state index contributed by atoms with van der Waals surface area (Å²) in [6.45, 7) is 8.51. The predicted molar refractivity (Wildman–Crippen MR) is 86.3 cm³/mol. The molecule has 0 unspecified atom stereocenters. The minimum absolute atomic E-state index is 0.217. The van der Waals surface area contributed by atoms with Crippen molar-refractivity contribution in [3.05, 3.63) is 15.6 Å². The van der Waals surface area contributed by atoms with Crippen LogP contribution >= 0.6 is 11.3 Å². The summed E-state index contributed by atoms with van der Waals surface area (Å²) in [6, 6.07) is 0. The fourth-order valence-electron chi connectivity index (χ4n) is 3.01. The van der Waals surface area contributed by atoms with Gasteiger partial charge in [0.05, 0.1) is 12.3 Å². The lowest BCUT2D eigenvalue weighted by atomic mass is 9.71. The smallest absolute Gasteiger partial charge is 0.125 e. The molecule has 2 rings (SSSR count). The van der Waals surface area contributed by atoms with Crippen molar-refractivity contribution in [2.24, 2.45) is 11.1 Å². The van der Waals surface area contributed by atoms with Gasteiger partial charge in [0.2, 0.25) is 0 Å². The first-order valence-electron chi connectivity index (χ1n) is 7.78. The third-order valence-corrected chi connectivity index (χ3v) is 5.77. The van der Waals surface area contributed by atoms with Crippen LogP contribution in [0.4, 0.5) is 0 Å². The highest BCUT2D eigenvalue weighted by molar-refractivity contribution is 7.11. The highest BCUT2D eigenvalue weighted by atomic mass is 32.1. The third-order valence-electron chi connectivity index (χ3n) is 4.47. The standard InChI is InChI=1S/C16H28N2O2S/c1-5-20-16(8-6-15(2,3)7-9-16)14-18-12(11-19-4)13(10-17)21-14/h5-11,17H2,1-4H3. The molecule has 4 nitrogen and oxygen atoms in total. The van der Waals surface area contributed by atoms with Gasteiger partial charge in [0.25, 0.3) is 0 Å². The van der Waals surface area contributed by atoms with Crippen molar-refractivity contribution in [2.75, 3.05) is 13.7 Å². The molecule has 5 heteroatoms. The van der Waals surface area contributed by atoms with E-state index in [-0.39, 0.29) is 5.60 Å². The Hall–Kier alpha value is -0.490. The second-order valence-corrected chi connectivity index (χ2v) is 7.70. The maximum Gasteiger partial charge on any atom is 0.125 e. The van der Waals surface area contributed by atoms with Gasteiger partial charge in [-0.05, 0) is 38.0 Å². The van der Waals surface area contributed by atoms with Crippen molar-refractivity contribution in [2.45, 2.75) is 65.2 Å². The molecule has 1 heterocycles. The number of ether oxygens (including phenoxy) is 2. The average Bonchev–Trinajstić information content (AvgIpc) is 2.86. The minimum Gasteiger partial charge on any atom is -0.378 e. The lowest BCUT2D eigenvalue weighted by Gasteiger charge is -2.42. The van der Waals surface area contributed by atoms with Gasteiger partial charge >= 0.3 is 0 Å². The number of thiazole rings is 1. The summed E-state index contributed by atoms with van der Waals surface area (Å²) in [5, 5.41) is 1.09. The van der Waals surface area contributed by atoms with Crippen molar-refractivity contribution < 1.29 is 9.47 Å². The first-order valence-corrected chi connectivity index (χ1v) is 8.60. The number of hydrogen-bond acceptors (Lipinski definition) is 5. The van der Waals surface area contributed by atoms with Gasteiger partial charge in [-0.25, -0.2) is 4.98 Å². The number of hydrogen-bond donors (Lipinski definition) is 1. The van der Waals surface area contributed by atoms with E-state index in [4.69, 9.17) is 20.2 Å². The van der Waals surface area contributed by atoms with Crippen molar-refractivity contribution >= 4 is 11.3 Å². The summed E-state index contributed by atoms with van der Waals surface area (Å²) in [5.41, 5.74) is 7.02. The van der Waals surface area contributed by atoms with E-state index in [0.717, 1.165) is 35.0 Å². The van der Waals surface area contributed by atoms with Crippen LogP contribution in [0, 0.1) is 5.41 Å². The minimum atomic E-state index is -0.217. The van der Waals surface area contributed by atoms with Crippen LogP contribution in [0.5, 0.6) is 0 Å². The number of nitrogens with zero attached hydrogens (tertiary/aromatic N) is 1. The van der Waals surface area contributed by atoms with E-state index in [2.05, 4.69) is 20.8 Å². The van der Waals surface area contributed by atoms with Gasteiger partial charge in [0, 0.05) is 25.1 Å². The summed E-state index contributed by atoms with van der Waals surface area (Å²) in [5.74, 6) is 0. The number of nitrogens with two attached hydrogens (primary N) is 1. The monoisotopic (exact) mass is 312 g/mol. The fourth-order valence-corrected chi connectivity index (χ4v) is 4.16. The Morgan fingerprint density at radius 2 is 1.90 bits per heavy atom. The molecule has 0 aliphatic heterocycles. The average molecular weight is 312 g/mol. The third kappa shape index (κ3) is 3.65. The molecule has 1 fully saturated rings. The van der Waals surface area contributed by atoms with Gasteiger partial charge in [-0.3, -0.25) is 0 Å². The first kappa shape index (κ1) is 16.9. The zero-order valence-electron chi connectivity index (χ0n) is 13.7.